The van der Waals surface area contributed by atoms with Crippen molar-refractivity contribution in [3.05, 3.63) is 12.2 Å². The number of fused-ring (bicyclic) bond motifs is 5. The molecule has 3 saturated carbocycles. The number of hydrogen-bond acceptors (Lipinski definition) is 2. The fourth-order valence-corrected chi connectivity index (χ4v) is 8.10. The second-order valence-electron chi connectivity index (χ2n) is 10.8. The van der Waals surface area contributed by atoms with Gasteiger partial charge in [0, 0.05) is 6.42 Å². The van der Waals surface area contributed by atoms with Crippen LogP contribution in [-0.2, 0) is 4.79 Å². The molecule has 0 spiro atoms. The van der Waals surface area contributed by atoms with Crippen LogP contribution >= 0.6 is 0 Å². The highest BCUT2D eigenvalue weighted by molar-refractivity contribution is 5.66. The van der Waals surface area contributed by atoms with Crippen LogP contribution in [0.4, 0.5) is 0 Å². The van der Waals surface area contributed by atoms with Crippen molar-refractivity contribution in [2.45, 2.75) is 84.7 Å². The lowest BCUT2D eigenvalue weighted by Gasteiger charge is -2.58. The molecule has 0 radical (unpaired) electrons. The third kappa shape index (κ3) is 3.09. The minimum Gasteiger partial charge on any atom is -0.481 e. The van der Waals surface area contributed by atoms with E-state index in [1.807, 2.05) is 0 Å². The third-order valence-electron chi connectivity index (χ3n) is 9.64. The minimum atomic E-state index is -0.661. The van der Waals surface area contributed by atoms with Gasteiger partial charge in [-0.25, -0.2) is 0 Å². The molecule has 4 aliphatic carbocycles. The topological polar surface area (TPSA) is 57.5 Å². The van der Waals surface area contributed by atoms with E-state index in [0.29, 0.717) is 35.5 Å². The lowest BCUT2D eigenvalue weighted by molar-refractivity contribution is -0.137. The lowest BCUT2D eigenvalue weighted by Crippen LogP contribution is -2.52. The van der Waals surface area contributed by atoms with E-state index < -0.39 is 5.97 Å². The first kappa shape index (κ1) is 19.5. The Morgan fingerprint density at radius 3 is 2.70 bits per heavy atom. The number of allylic oxidation sites excluding steroid dienone is 2. The van der Waals surface area contributed by atoms with Gasteiger partial charge >= 0.3 is 5.97 Å². The van der Waals surface area contributed by atoms with Gasteiger partial charge in [-0.2, -0.15) is 0 Å². The zero-order valence-corrected chi connectivity index (χ0v) is 17.4. The molecule has 0 bridgehead atoms. The number of carbonyl (C=O) groups is 1. The smallest absolute Gasteiger partial charge is 0.303 e. The van der Waals surface area contributed by atoms with Crippen LogP contribution in [0.5, 0.6) is 0 Å². The first-order valence-electron chi connectivity index (χ1n) is 11.3. The van der Waals surface area contributed by atoms with Gasteiger partial charge in [0.15, 0.2) is 0 Å². The highest BCUT2D eigenvalue weighted by Crippen LogP contribution is 2.66. The summed E-state index contributed by atoms with van der Waals surface area (Å²) < 4.78 is 0. The van der Waals surface area contributed by atoms with Crippen molar-refractivity contribution in [2.24, 2.45) is 46.3 Å². The van der Waals surface area contributed by atoms with E-state index in [9.17, 15) is 9.90 Å². The molecule has 3 nitrogen and oxygen atoms in total. The Bertz CT molecular complexity index is 613. The minimum absolute atomic E-state index is 0.0802. The average molecular weight is 375 g/mol. The van der Waals surface area contributed by atoms with Crippen LogP contribution in [0, 0.1) is 46.3 Å². The molecule has 0 unspecified atom stereocenters. The molecule has 0 aliphatic heterocycles. The maximum Gasteiger partial charge on any atom is 0.303 e. The number of aliphatic carboxylic acids is 1. The highest BCUT2D eigenvalue weighted by Gasteiger charge is 2.58. The van der Waals surface area contributed by atoms with Crippen molar-refractivity contribution in [3.8, 4) is 0 Å². The predicted octanol–water partition coefficient (Wildman–Crippen LogP) is 5.28. The van der Waals surface area contributed by atoms with E-state index >= 15 is 0 Å². The van der Waals surface area contributed by atoms with E-state index in [0.717, 1.165) is 31.1 Å². The van der Waals surface area contributed by atoms with Gasteiger partial charge in [0.25, 0.3) is 0 Å². The Hall–Kier alpha value is -0.830. The van der Waals surface area contributed by atoms with E-state index in [4.69, 9.17) is 5.11 Å². The van der Waals surface area contributed by atoms with Gasteiger partial charge in [0.1, 0.15) is 0 Å². The normalized spacial score (nSPS) is 49.8. The summed E-state index contributed by atoms with van der Waals surface area (Å²) in [5, 5.41) is 19.3. The van der Waals surface area contributed by atoms with E-state index in [1.54, 1.807) is 0 Å². The summed E-state index contributed by atoms with van der Waals surface area (Å²) in [6, 6.07) is 0. The number of aliphatic hydroxyl groups excluding tert-OH is 1. The third-order valence-corrected chi connectivity index (χ3v) is 9.64. The number of carboxylic acid groups (broad SMARTS) is 1. The first-order chi connectivity index (χ1) is 12.8. The van der Waals surface area contributed by atoms with Gasteiger partial charge in [0.2, 0.25) is 0 Å². The SMILES string of the molecule is C[C@@H](CCC(=O)O)[C@H]1CC[C@H]2[C@@H]3CC[C@@H]4C[C@H](O)CC[C@]4(C)[C@@H]3C=C[C@]12C. The van der Waals surface area contributed by atoms with Gasteiger partial charge in [-0.15, -0.1) is 0 Å². The van der Waals surface area contributed by atoms with Crippen molar-refractivity contribution in [2.75, 3.05) is 0 Å². The van der Waals surface area contributed by atoms with Crippen LogP contribution in [-0.4, -0.2) is 22.3 Å². The van der Waals surface area contributed by atoms with Crippen LogP contribution in [0.25, 0.3) is 0 Å². The molecule has 0 aromatic carbocycles. The van der Waals surface area contributed by atoms with Crippen LogP contribution < -0.4 is 0 Å². The Morgan fingerprint density at radius 1 is 1.19 bits per heavy atom. The van der Waals surface area contributed by atoms with Gasteiger partial charge in [-0.3, -0.25) is 4.79 Å². The molecule has 0 amide bonds. The largest absolute Gasteiger partial charge is 0.481 e. The van der Waals surface area contributed by atoms with Crippen LogP contribution in [0.2, 0.25) is 0 Å². The Kier molecular flexibility index (Phi) is 4.98. The van der Waals surface area contributed by atoms with Gasteiger partial charge in [-0.05, 0) is 97.7 Å². The van der Waals surface area contributed by atoms with Gasteiger partial charge in [0.05, 0.1) is 6.10 Å². The number of aliphatic hydroxyl groups is 1. The monoisotopic (exact) mass is 374 g/mol. The summed E-state index contributed by atoms with van der Waals surface area (Å²) in [5.74, 6) is 3.35. The molecule has 0 aromatic rings. The van der Waals surface area contributed by atoms with E-state index in [-0.39, 0.29) is 11.5 Å². The van der Waals surface area contributed by atoms with E-state index in [2.05, 4.69) is 32.9 Å². The van der Waals surface area contributed by atoms with Gasteiger partial charge in [-0.1, -0.05) is 32.9 Å². The van der Waals surface area contributed by atoms with Gasteiger partial charge < -0.3 is 10.2 Å². The summed E-state index contributed by atoms with van der Waals surface area (Å²) in [6.45, 7) is 7.26. The summed E-state index contributed by atoms with van der Waals surface area (Å²) in [4.78, 5) is 11.0. The van der Waals surface area contributed by atoms with Crippen molar-refractivity contribution < 1.29 is 15.0 Å². The molecular weight excluding hydrogens is 336 g/mol. The maximum absolute atomic E-state index is 11.0. The highest BCUT2D eigenvalue weighted by atomic mass is 16.4. The molecule has 152 valence electrons. The van der Waals surface area contributed by atoms with Crippen LogP contribution in [0.1, 0.15) is 78.6 Å². The Morgan fingerprint density at radius 2 is 1.96 bits per heavy atom. The van der Waals surface area contributed by atoms with Crippen molar-refractivity contribution in [3.63, 3.8) is 0 Å². The molecule has 4 aliphatic rings. The fraction of sp³-hybridized carbons (Fsp3) is 0.875. The zero-order chi connectivity index (χ0) is 19.4. The average Bonchev–Trinajstić information content (AvgIpc) is 2.97. The Labute approximate surface area is 164 Å². The molecular formula is C24H38O3. The molecule has 3 fully saturated rings. The summed E-state index contributed by atoms with van der Waals surface area (Å²) >= 11 is 0. The molecule has 4 rings (SSSR count). The van der Waals surface area contributed by atoms with E-state index in [1.165, 1.54) is 32.1 Å². The molecule has 0 aromatic heterocycles. The molecule has 3 heteroatoms. The second kappa shape index (κ2) is 6.90. The lowest BCUT2D eigenvalue weighted by atomic mass is 9.46. The maximum atomic E-state index is 11.0. The number of rotatable bonds is 4. The summed E-state index contributed by atoms with van der Waals surface area (Å²) in [7, 11) is 0. The summed E-state index contributed by atoms with van der Waals surface area (Å²) in [5.41, 5.74) is 0.615. The predicted molar refractivity (Wildman–Crippen MR) is 107 cm³/mol. The quantitative estimate of drug-likeness (QED) is 0.658. The van der Waals surface area contributed by atoms with Crippen LogP contribution in [0.15, 0.2) is 12.2 Å². The van der Waals surface area contributed by atoms with Crippen molar-refractivity contribution in [1.29, 1.82) is 0 Å². The molecule has 2 N–H and O–H groups in total. The fourth-order valence-electron chi connectivity index (χ4n) is 8.10. The standard InChI is InChI=1S/C24H38O3/c1-15(4-9-22(26)27)19-7-8-20-18-6-5-16-14-17(25)10-12-23(16,2)21(18)11-13-24(19,20)3/h11,13,15-21,25H,4-10,12,14H2,1-3H3,(H,26,27)/t15-,16+,17+,18-,19+,20-,21+,23-,24+/m0/s1. The van der Waals surface area contributed by atoms with Crippen molar-refractivity contribution in [1.82, 2.24) is 0 Å². The number of carboxylic acids is 1. The molecule has 0 heterocycles. The zero-order valence-electron chi connectivity index (χ0n) is 17.4. The number of hydrogen-bond donors (Lipinski definition) is 2. The summed E-state index contributed by atoms with van der Waals surface area (Å²) in [6.07, 6.45) is 14.5. The second-order valence-corrected chi connectivity index (χ2v) is 10.8. The van der Waals surface area contributed by atoms with Crippen LogP contribution in [0.3, 0.4) is 0 Å². The first-order valence-corrected chi connectivity index (χ1v) is 11.3. The molecule has 9 atom stereocenters. The Balaban J connectivity index is 1.56. The molecule has 27 heavy (non-hydrogen) atoms. The van der Waals surface area contributed by atoms with Crippen molar-refractivity contribution >= 4 is 5.97 Å². The molecule has 0 saturated heterocycles.